The minimum absolute atomic E-state index is 0.203. The zero-order valence-electron chi connectivity index (χ0n) is 5.06. The highest BCUT2D eigenvalue weighted by Crippen LogP contribution is 2.26. The van der Waals surface area contributed by atoms with Gasteiger partial charge in [-0.3, -0.25) is 0 Å². The van der Waals surface area contributed by atoms with Gasteiger partial charge >= 0.3 is 5.97 Å². The van der Waals surface area contributed by atoms with Crippen LogP contribution < -0.4 is 0 Å². The molecule has 0 bridgehead atoms. The minimum atomic E-state index is -0.203. The summed E-state index contributed by atoms with van der Waals surface area (Å²) in [5.74, 6) is -0.203. The summed E-state index contributed by atoms with van der Waals surface area (Å²) < 4.78 is 4.47. The predicted molar refractivity (Wildman–Crippen MR) is 37.4 cm³/mol. The number of halogens is 1. The summed E-state index contributed by atoms with van der Waals surface area (Å²) in [7, 11) is 1.39. The molecule has 0 aromatic rings. The number of hydrogen-bond acceptors (Lipinski definition) is 2. The summed E-state index contributed by atoms with van der Waals surface area (Å²) in [6.45, 7) is 0. The normalized spacial score (nSPS) is 24.2. The Balaban J connectivity index is 2.48. The van der Waals surface area contributed by atoms with E-state index in [9.17, 15) is 4.79 Å². The molecule has 0 aromatic heterocycles. The molecule has 0 aliphatic heterocycles. The zero-order chi connectivity index (χ0) is 6.85. The van der Waals surface area contributed by atoms with E-state index >= 15 is 0 Å². The molecule has 0 saturated heterocycles. The van der Waals surface area contributed by atoms with Crippen molar-refractivity contribution in [2.75, 3.05) is 7.11 Å². The van der Waals surface area contributed by atoms with Crippen LogP contribution in [0.15, 0.2) is 11.6 Å². The summed E-state index contributed by atoms with van der Waals surface area (Å²) in [4.78, 5) is 11.0. The number of carbonyl (C=O) groups excluding carboxylic acids is 1. The molecule has 3 heteroatoms. The van der Waals surface area contributed by atoms with E-state index in [-0.39, 0.29) is 5.97 Å². The Labute approximate surface area is 62.0 Å². The molecule has 0 heterocycles. The van der Waals surface area contributed by atoms with Gasteiger partial charge in [0.15, 0.2) is 0 Å². The van der Waals surface area contributed by atoms with E-state index in [0.717, 1.165) is 12.0 Å². The summed E-state index contributed by atoms with van der Waals surface area (Å²) >= 11 is 3.31. The Kier molecular flexibility index (Phi) is 1.90. The lowest BCUT2D eigenvalue weighted by Gasteiger charge is -2.17. The van der Waals surface area contributed by atoms with Crippen LogP contribution in [0.25, 0.3) is 0 Å². The second kappa shape index (κ2) is 2.52. The highest BCUT2D eigenvalue weighted by Gasteiger charge is 2.22. The van der Waals surface area contributed by atoms with Crippen molar-refractivity contribution in [1.29, 1.82) is 0 Å². The summed E-state index contributed by atoms with van der Waals surface area (Å²) in [5.41, 5.74) is 0.777. The predicted octanol–water partition coefficient (Wildman–Crippen LogP) is 1.25. The Morgan fingerprint density at radius 3 is 2.89 bits per heavy atom. The molecular formula is C6H7BrO2. The number of allylic oxidation sites excluding steroid dienone is 1. The average molecular weight is 191 g/mol. The molecule has 0 N–H and O–H groups in total. The number of rotatable bonds is 1. The van der Waals surface area contributed by atoms with Gasteiger partial charge < -0.3 is 4.74 Å². The lowest BCUT2D eigenvalue weighted by atomic mass is 9.99. The molecule has 50 valence electrons. The molecule has 0 saturated carbocycles. The van der Waals surface area contributed by atoms with Crippen molar-refractivity contribution >= 4 is 21.9 Å². The number of esters is 1. The third-order valence-corrected chi connectivity index (χ3v) is 1.83. The van der Waals surface area contributed by atoms with Gasteiger partial charge in [-0.1, -0.05) is 22.0 Å². The van der Waals surface area contributed by atoms with Crippen molar-refractivity contribution in [3.05, 3.63) is 11.6 Å². The second-order valence-corrected chi connectivity index (χ2v) is 3.08. The standard InChI is InChI=1S/C6H7BrO2/c1-9-6(8)4-2-5(7)3-4/h2,5H,3H2,1H3. The van der Waals surface area contributed by atoms with Crippen molar-refractivity contribution in [2.45, 2.75) is 11.2 Å². The first-order valence-electron chi connectivity index (χ1n) is 2.67. The maximum atomic E-state index is 10.6. The van der Waals surface area contributed by atoms with Gasteiger partial charge in [0, 0.05) is 10.4 Å². The molecule has 0 radical (unpaired) electrons. The van der Waals surface area contributed by atoms with E-state index in [1.54, 1.807) is 0 Å². The quantitative estimate of drug-likeness (QED) is 0.460. The lowest BCUT2D eigenvalue weighted by Crippen LogP contribution is -2.17. The number of ether oxygens (including phenoxy) is 1. The van der Waals surface area contributed by atoms with Gasteiger partial charge in [0.2, 0.25) is 0 Å². The molecule has 1 atom stereocenters. The molecule has 9 heavy (non-hydrogen) atoms. The fraction of sp³-hybridized carbons (Fsp3) is 0.500. The minimum Gasteiger partial charge on any atom is -0.466 e. The topological polar surface area (TPSA) is 26.3 Å². The van der Waals surface area contributed by atoms with Gasteiger partial charge in [-0.25, -0.2) is 4.79 Å². The first-order valence-corrected chi connectivity index (χ1v) is 3.58. The first-order chi connectivity index (χ1) is 4.24. The van der Waals surface area contributed by atoms with Gasteiger partial charge in [0.25, 0.3) is 0 Å². The fourth-order valence-electron chi connectivity index (χ4n) is 0.677. The van der Waals surface area contributed by atoms with Gasteiger partial charge in [0.05, 0.1) is 7.11 Å². The Morgan fingerprint density at radius 2 is 2.56 bits per heavy atom. The molecule has 1 unspecified atom stereocenters. The Bertz CT molecular complexity index is 162. The van der Waals surface area contributed by atoms with Crippen LogP contribution in [0.4, 0.5) is 0 Å². The molecule has 0 amide bonds. The van der Waals surface area contributed by atoms with E-state index < -0.39 is 0 Å². The van der Waals surface area contributed by atoms with E-state index in [2.05, 4.69) is 20.7 Å². The van der Waals surface area contributed by atoms with Gasteiger partial charge in [0.1, 0.15) is 0 Å². The number of methoxy groups -OCH3 is 1. The molecule has 2 nitrogen and oxygen atoms in total. The third-order valence-electron chi connectivity index (χ3n) is 1.24. The third kappa shape index (κ3) is 1.33. The molecular weight excluding hydrogens is 184 g/mol. The lowest BCUT2D eigenvalue weighted by molar-refractivity contribution is -0.136. The van der Waals surface area contributed by atoms with Crippen LogP contribution in [0.3, 0.4) is 0 Å². The van der Waals surface area contributed by atoms with Crippen molar-refractivity contribution < 1.29 is 9.53 Å². The maximum Gasteiger partial charge on any atom is 0.333 e. The van der Waals surface area contributed by atoms with Crippen LogP contribution in [0, 0.1) is 0 Å². The van der Waals surface area contributed by atoms with Crippen molar-refractivity contribution in [3.8, 4) is 0 Å². The highest BCUT2D eigenvalue weighted by atomic mass is 79.9. The van der Waals surface area contributed by atoms with E-state index in [1.165, 1.54) is 7.11 Å². The van der Waals surface area contributed by atoms with E-state index in [1.807, 2.05) is 6.08 Å². The van der Waals surface area contributed by atoms with Crippen molar-refractivity contribution in [1.82, 2.24) is 0 Å². The van der Waals surface area contributed by atoms with Crippen LogP contribution in [0.5, 0.6) is 0 Å². The second-order valence-electron chi connectivity index (χ2n) is 1.90. The van der Waals surface area contributed by atoms with Gasteiger partial charge in [-0.05, 0) is 6.42 Å². The highest BCUT2D eigenvalue weighted by molar-refractivity contribution is 9.09. The summed E-state index contributed by atoms with van der Waals surface area (Å²) in [6, 6.07) is 0. The molecule has 0 aromatic carbocycles. The smallest absolute Gasteiger partial charge is 0.333 e. The molecule has 1 aliphatic rings. The fourth-order valence-corrected chi connectivity index (χ4v) is 1.35. The van der Waals surface area contributed by atoms with Crippen LogP contribution >= 0.6 is 15.9 Å². The average Bonchev–Trinajstić information content (AvgIpc) is 1.79. The SMILES string of the molecule is COC(=O)C1=CC(Br)C1. The number of hydrogen-bond donors (Lipinski definition) is 0. The molecule has 0 spiro atoms. The Morgan fingerprint density at radius 1 is 2.00 bits per heavy atom. The summed E-state index contributed by atoms with van der Waals surface area (Å²) in [6.07, 6.45) is 2.65. The van der Waals surface area contributed by atoms with Crippen LogP contribution in [-0.4, -0.2) is 17.9 Å². The largest absolute Gasteiger partial charge is 0.466 e. The van der Waals surface area contributed by atoms with Crippen LogP contribution in [0.2, 0.25) is 0 Å². The monoisotopic (exact) mass is 190 g/mol. The zero-order valence-corrected chi connectivity index (χ0v) is 6.64. The van der Waals surface area contributed by atoms with Gasteiger partial charge in [-0.2, -0.15) is 0 Å². The van der Waals surface area contributed by atoms with Crippen molar-refractivity contribution in [2.24, 2.45) is 0 Å². The first kappa shape index (κ1) is 6.81. The van der Waals surface area contributed by atoms with Crippen LogP contribution in [0.1, 0.15) is 6.42 Å². The van der Waals surface area contributed by atoms with Crippen LogP contribution in [-0.2, 0) is 9.53 Å². The van der Waals surface area contributed by atoms with Gasteiger partial charge in [-0.15, -0.1) is 0 Å². The van der Waals surface area contributed by atoms with E-state index in [4.69, 9.17) is 0 Å². The van der Waals surface area contributed by atoms with Crippen molar-refractivity contribution in [3.63, 3.8) is 0 Å². The molecule has 0 fully saturated rings. The number of alkyl halides is 1. The molecule has 1 rings (SSSR count). The molecule has 1 aliphatic carbocycles. The maximum absolute atomic E-state index is 10.6. The number of carbonyl (C=O) groups is 1. The Hall–Kier alpha value is -0.310. The summed E-state index contributed by atoms with van der Waals surface area (Å²) in [5, 5.41) is 0. The van der Waals surface area contributed by atoms with E-state index in [0.29, 0.717) is 4.83 Å².